The number of carbonyl (C=O) groups is 1. The largest absolute Gasteiger partial charge is 0.478 e. The molecule has 1 saturated carbocycles. The van der Waals surface area contributed by atoms with Crippen LogP contribution in [-0.2, 0) is 0 Å². The summed E-state index contributed by atoms with van der Waals surface area (Å²) in [6.07, 6.45) is 4.60. The van der Waals surface area contributed by atoms with E-state index in [4.69, 9.17) is 10.8 Å². The van der Waals surface area contributed by atoms with E-state index >= 15 is 0 Å². The van der Waals surface area contributed by atoms with Gasteiger partial charge in [0.15, 0.2) is 0 Å². The third-order valence-corrected chi connectivity index (χ3v) is 4.29. The second kappa shape index (κ2) is 5.69. The fraction of sp³-hybridized carbons (Fsp3) is 0.533. The molecular formula is C15H21FN2O2. The molecule has 2 atom stereocenters. The summed E-state index contributed by atoms with van der Waals surface area (Å²) in [6.45, 7) is 2.19. The van der Waals surface area contributed by atoms with E-state index in [1.54, 1.807) is 0 Å². The average Bonchev–Trinajstić information content (AvgIpc) is 2.40. The average molecular weight is 280 g/mol. The van der Waals surface area contributed by atoms with Crippen molar-refractivity contribution in [2.24, 2.45) is 5.92 Å². The van der Waals surface area contributed by atoms with Crippen LogP contribution in [0.5, 0.6) is 0 Å². The number of hydrogen-bond donors (Lipinski definition) is 2. The van der Waals surface area contributed by atoms with E-state index in [0.29, 0.717) is 23.3 Å². The summed E-state index contributed by atoms with van der Waals surface area (Å²) in [5.41, 5.74) is 6.42. The number of carboxylic acid groups (broad SMARTS) is 1. The summed E-state index contributed by atoms with van der Waals surface area (Å²) >= 11 is 0. The fourth-order valence-corrected chi connectivity index (χ4v) is 3.10. The molecule has 1 fully saturated rings. The van der Waals surface area contributed by atoms with Gasteiger partial charge in [-0.15, -0.1) is 0 Å². The highest BCUT2D eigenvalue weighted by Crippen LogP contribution is 2.34. The van der Waals surface area contributed by atoms with Gasteiger partial charge in [-0.05, 0) is 24.8 Å². The number of nitrogens with two attached hydrogens (primary N) is 1. The molecule has 0 aliphatic heterocycles. The zero-order chi connectivity index (χ0) is 14.9. The SMILES string of the molecule is CC1CCCCC1N(C)c1cc(F)c(C(=O)O)cc1N. The third-order valence-electron chi connectivity index (χ3n) is 4.29. The second-order valence-electron chi connectivity index (χ2n) is 5.64. The maximum Gasteiger partial charge on any atom is 0.338 e. The molecule has 0 aromatic heterocycles. The zero-order valence-electron chi connectivity index (χ0n) is 11.9. The summed E-state index contributed by atoms with van der Waals surface area (Å²) in [7, 11) is 1.90. The van der Waals surface area contributed by atoms with E-state index in [0.717, 1.165) is 19.3 Å². The van der Waals surface area contributed by atoms with Crippen molar-refractivity contribution < 1.29 is 14.3 Å². The van der Waals surface area contributed by atoms with Gasteiger partial charge in [-0.2, -0.15) is 0 Å². The fourth-order valence-electron chi connectivity index (χ4n) is 3.10. The van der Waals surface area contributed by atoms with Crippen molar-refractivity contribution in [3.05, 3.63) is 23.5 Å². The van der Waals surface area contributed by atoms with Gasteiger partial charge in [-0.3, -0.25) is 0 Å². The van der Waals surface area contributed by atoms with Gasteiger partial charge in [0.1, 0.15) is 5.82 Å². The molecular weight excluding hydrogens is 259 g/mol. The molecule has 4 nitrogen and oxygen atoms in total. The standard InChI is InChI=1S/C15H21FN2O2/c1-9-5-3-4-6-13(9)18(2)14-8-11(16)10(15(19)20)7-12(14)17/h7-9,13H,3-6,17H2,1-2H3,(H,19,20). The Morgan fingerprint density at radius 2 is 2.05 bits per heavy atom. The first-order chi connectivity index (χ1) is 9.41. The number of benzene rings is 1. The second-order valence-corrected chi connectivity index (χ2v) is 5.64. The predicted octanol–water partition coefficient (Wildman–Crippen LogP) is 3.12. The van der Waals surface area contributed by atoms with Gasteiger partial charge >= 0.3 is 5.97 Å². The van der Waals surface area contributed by atoms with Crippen LogP contribution < -0.4 is 10.6 Å². The number of hydrogen-bond acceptors (Lipinski definition) is 3. The van der Waals surface area contributed by atoms with Crippen LogP contribution in [0.25, 0.3) is 0 Å². The monoisotopic (exact) mass is 280 g/mol. The predicted molar refractivity (Wildman–Crippen MR) is 77.6 cm³/mol. The normalized spacial score (nSPS) is 22.6. The van der Waals surface area contributed by atoms with Gasteiger partial charge in [0.05, 0.1) is 16.9 Å². The van der Waals surface area contributed by atoms with Crippen LogP contribution in [0.15, 0.2) is 12.1 Å². The van der Waals surface area contributed by atoms with Crippen LogP contribution in [0, 0.1) is 11.7 Å². The van der Waals surface area contributed by atoms with Crippen molar-refractivity contribution in [1.29, 1.82) is 0 Å². The van der Waals surface area contributed by atoms with Crippen LogP contribution in [0.4, 0.5) is 15.8 Å². The summed E-state index contributed by atoms with van der Waals surface area (Å²) in [6, 6.07) is 2.76. The first kappa shape index (κ1) is 14.6. The lowest BCUT2D eigenvalue weighted by atomic mass is 9.85. The molecule has 1 aromatic carbocycles. The summed E-state index contributed by atoms with van der Waals surface area (Å²) in [4.78, 5) is 12.9. The van der Waals surface area contributed by atoms with Gasteiger partial charge in [0, 0.05) is 19.2 Å². The van der Waals surface area contributed by atoms with E-state index in [1.165, 1.54) is 18.6 Å². The van der Waals surface area contributed by atoms with Gasteiger partial charge < -0.3 is 15.7 Å². The lowest BCUT2D eigenvalue weighted by molar-refractivity contribution is 0.0692. The Balaban J connectivity index is 2.32. The Morgan fingerprint density at radius 3 is 2.65 bits per heavy atom. The summed E-state index contributed by atoms with van der Waals surface area (Å²) in [5, 5.41) is 8.90. The van der Waals surface area contributed by atoms with Crippen LogP contribution in [0.1, 0.15) is 43.0 Å². The van der Waals surface area contributed by atoms with Gasteiger partial charge in [0.25, 0.3) is 0 Å². The van der Waals surface area contributed by atoms with Crippen LogP contribution in [0.2, 0.25) is 0 Å². The maximum atomic E-state index is 13.8. The molecule has 1 aliphatic rings. The smallest absolute Gasteiger partial charge is 0.338 e. The Kier molecular flexibility index (Phi) is 4.16. The number of anilines is 2. The molecule has 5 heteroatoms. The van der Waals surface area contributed by atoms with Crippen molar-refractivity contribution in [2.75, 3.05) is 17.7 Å². The molecule has 0 bridgehead atoms. The van der Waals surface area contributed by atoms with Crippen molar-refractivity contribution in [3.8, 4) is 0 Å². The highest BCUT2D eigenvalue weighted by atomic mass is 19.1. The van der Waals surface area contributed by atoms with E-state index < -0.39 is 11.8 Å². The van der Waals surface area contributed by atoms with E-state index in [2.05, 4.69) is 6.92 Å². The number of aromatic carboxylic acids is 1. The molecule has 1 aliphatic carbocycles. The van der Waals surface area contributed by atoms with E-state index in [9.17, 15) is 9.18 Å². The van der Waals surface area contributed by atoms with Crippen molar-refractivity contribution in [2.45, 2.75) is 38.6 Å². The zero-order valence-corrected chi connectivity index (χ0v) is 11.9. The topological polar surface area (TPSA) is 66.6 Å². The van der Waals surface area contributed by atoms with Crippen LogP contribution in [-0.4, -0.2) is 24.2 Å². The Bertz CT molecular complexity index is 519. The lowest BCUT2D eigenvalue weighted by Gasteiger charge is -2.38. The molecule has 0 heterocycles. The first-order valence-electron chi connectivity index (χ1n) is 6.97. The molecule has 0 amide bonds. The quantitative estimate of drug-likeness (QED) is 0.835. The van der Waals surface area contributed by atoms with E-state index in [1.807, 2.05) is 11.9 Å². The number of carboxylic acids is 1. The number of nitrogens with zero attached hydrogens (tertiary/aromatic N) is 1. The summed E-state index contributed by atoms with van der Waals surface area (Å²) in [5.74, 6) is -1.51. The first-order valence-corrected chi connectivity index (χ1v) is 6.97. The number of halogens is 1. The molecule has 0 saturated heterocycles. The molecule has 1 aromatic rings. The Hall–Kier alpha value is -1.78. The molecule has 0 spiro atoms. The minimum atomic E-state index is -1.30. The van der Waals surface area contributed by atoms with Gasteiger partial charge in [-0.1, -0.05) is 19.8 Å². The highest BCUT2D eigenvalue weighted by Gasteiger charge is 2.27. The maximum absolute atomic E-state index is 13.8. The van der Waals surface area contributed by atoms with Crippen molar-refractivity contribution in [3.63, 3.8) is 0 Å². The van der Waals surface area contributed by atoms with E-state index in [-0.39, 0.29) is 5.56 Å². The van der Waals surface area contributed by atoms with Crippen molar-refractivity contribution in [1.82, 2.24) is 0 Å². The van der Waals surface area contributed by atoms with Crippen LogP contribution >= 0.6 is 0 Å². The highest BCUT2D eigenvalue weighted by molar-refractivity contribution is 5.91. The minimum absolute atomic E-state index is 0.309. The molecule has 2 rings (SSSR count). The van der Waals surface area contributed by atoms with Crippen LogP contribution in [0.3, 0.4) is 0 Å². The Morgan fingerprint density at radius 1 is 1.40 bits per heavy atom. The number of rotatable bonds is 3. The molecule has 20 heavy (non-hydrogen) atoms. The Labute approximate surface area is 118 Å². The number of nitrogen functional groups attached to an aromatic ring is 1. The van der Waals surface area contributed by atoms with Gasteiger partial charge in [-0.25, -0.2) is 9.18 Å². The summed E-state index contributed by atoms with van der Waals surface area (Å²) < 4.78 is 13.8. The molecule has 0 radical (unpaired) electrons. The third kappa shape index (κ3) is 2.71. The minimum Gasteiger partial charge on any atom is -0.478 e. The molecule has 2 unspecified atom stereocenters. The lowest BCUT2D eigenvalue weighted by Crippen LogP contribution is -2.39. The molecule has 110 valence electrons. The van der Waals surface area contributed by atoms with Crippen molar-refractivity contribution >= 4 is 17.3 Å². The molecule has 3 N–H and O–H groups in total. The van der Waals surface area contributed by atoms with Gasteiger partial charge in [0.2, 0.25) is 0 Å².